The molecule has 1 amide bonds. The lowest BCUT2D eigenvalue weighted by molar-refractivity contribution is -0.118. The Bertz CT molecular complexity index is 138. The molecule has 2 nitrogen and oxygen atoms in total. The van der Waals surface area contributed by atoms with E-state index in [1.807, 2.05) is 0 Å². The van der Waals surface area contributed by atoms with Gasteiger partial charge in [0.1, 0.15) is 0 Å². The Labute approximate surface area is 55.3 Å². The second-order valence-electron chi connectivity index (χ2n) is 1.77. The van der Waals surface area contributed by atoms with E-state index in [4.69, 9.17) is 0 Å². The molecule has 0 spiro atoms. The Morgan fingerprint density at radius 3 is 2.67 bits per heavy atom. The van der Waals surface area contributed by atoms with Crippen molar-refractivity contribution in [2.45, 2.75) is 6.92 Å². The molecule has 0 aromatic carbocycles. The van der Waals surface area contributed by atoms with Crippen molar-refractivity contribution in [3.05, 3.63) is 24.8 Å². The molecular weight excluding hydrogens is 114 g/mol. The first-order chi connectivity index (χ1) is 4.16. The third-order valence-electron chi connectivity index (χ3n) is 0.853. The van der Waals surface area contributed by atoms with Crippen molar-refractivity contribution in [1.29, 1.82) is 0 Å². The number of hydrogen-bond donors (Lipinski definition) is 1. The fourth-order valence-electron chi connectivity index (χ4n) is 0.310. The molecule has 0 unspecified atom stereocenters. The van der Waals surface area contributed by atoms with E-state index in [1.54, 1.807) is 6.08 Å². The van der Waals surface area contributed by atoms with Crippen LogP contribution in [-0.4, -0.2) is 12.5 Å². The molecule has 0 saturated heterocycles. The van der Waals surface area contributed by atoms with Gasteiger partial charge in [-0.15, -0.1) is 0 Å². The summed E-state index contributed by atoms with van der Waals surface area (Å²) in [4.78, 5) is 10.3. The van der Waals surface area contributed by atoms with Crippen LogP contribution in [0.1, 0.15) is 6.92 Å². The Hall–Kier alpha value is -1.05. The van der Waals surface area contributed by atoms with E-state index in [2.05, 4.69) is 18.5 Å². The van der Waals surface area contributed by atoms with Gasteiger partial charge in [0.05, 0.1) is 0 Å². The second kappa shape index (κ2) is 3.89. The molecule has 0 heterocycles. The molecule has 0 aliphatic heterocycles. The third-order valence-corrected chi connectivity index (χ3v) is 0.853. The van der Waals surface area contributed by atoms with Crippen molar-refractivity contribution in [3.8, 4) is 0 Å². The molecule has 0 rings (SSSR count). The van der Waals surface area contributed by atoms with Gasteiger partial charge >= 0.3 is 0 Å². The molecule has 2 heteroatoms. The predicted octanol–water partition coefficient (Wildman–Crippen LogP) is 0.865. The van der Waals surface area contributed by atoms with E-state index < -0.39 is 0 Å². The highest BCUT2D eigenvalue weighted by Gasteiger charge is 1.88. The van der Waals surface area contributed by atoms with Crippen molar-refractivity contribution in [1.82, 2.24) is 5.32 Å². The van der Waals surface area contributed by atoms with Gasteiger partial charge in [0.15, 0.2) is 0 Å². The number of rotatable bonds is 3. The molecule has 9 heavy (non-hydrogen) atoms. The molecule has 0 aromatic rings. The molecule has 0 fully saturated rings. The van der Waals surface area contributed by atoms with Crippen LogP contribution in [0.3, 0.4) is 0 Å². The van der Waals surface area contributed by atoms with Crippen LogP contribution in [0.2, 0.25) is 0 Å². The fraction of sp³-hybridized carbons (Fsp3) is 0.286. The van der Waals surface area contributed by atoms with E-state index in [0.29, 0.717) is 6.54 Å². The number of hydrogen-bond acceptors (Lipinski definition) is 1. The molecule has 0 atom stereocenters. The largest absolute Gasteiger partial charge is 0.352 e. The summed E-state index contributed by atoms with van der Waals surface area (Å²) in [7, 11) is 0. The van der Waals surface area contributed by atoms with E-state index >= 15 is 0 Å². The zero-order chi connectivity index (χ0) is 7.28. The molecule has 1 N–H and O–H groups in total. The maximum absolute atomic E-state index is 10.3. The number of carbonyl (C=O) groups excluding carboxylic acids is 1. The average Bonchev–Trinajstić information content (AvgIpc) is 1.83. The van der Waals surface area contributed by atoms with Crippen LogP contribution in [0.5, 0.6) is 0 Å². The maximum Gasteiger partial charge on any atom is 0.217 e. The van der Waals surface area contributed by atoms with E-state index in [1.165, 1.54) is 6.92 Å². The highest BCUT2D eigenvalue weighted by atomic mass is 16.1. The number of nitrogens with one attached hydrogen (secondary N) is 1. The zero-order valence-electron chi connectivity index (χ0n) is 5.61. The summed E-state index contributed by atoms with van der Waals surface area (Å²) in [5.74, 6) is -0.0435. The zero-order valence-corrected chi connectivity index (χ0v) is 5.61. The van der Waals surface area contributed by atoms with Gasteiger partial charge in [-0.3, -0.25) is 4.79 Å². The van der Waals surface area contributed by atoms with Gasteiger partial charge in [-0.2, -0.15) is 0 Å². The Balaban J connectivity index is 3.39. The normalized spacial score (nSPS) is 8.11. The average molecular weight is 125 g/mol. The molecule has 0 aliphatic carbocycles. The molecule has 0 radical (unpaired) electrons. The predicted molar refractivity (Wildman–Crippen MR) is 38.0 cm³/mol. The minimum absolute atomic E-state index is 0.0435. The number of amides is 1. The topological polar surface area (TPSA) is 29.1 Å². The minimum Gasteiger partial charge on any atom is -0.352 e. The van der Waals surface area contributed by atoms with Crippen LogP contribution in [-0.2, 0) is 4.79 Å². The van der Waals surface area contributed by atoms with Crippen LogP contribution < -0.4 is 5.32 Å². The van der Waals surface area contributed by atoms with Crippen molar-refractivity contribution in [2.24, 2.45) is 0 Å². The summed E-state index contributed by atoms with van der Waals surface area (Å²) < 4.78 is 0. The van der Waals surface area contributed by atoms with Gasteiger partial charge in [-0.05, 0) is 5.57 Å². The van der Waals surface area contributed by atoms with E-state index in [9.17, 15) is 4.79 Å². The smallest absolute Gasteiger partial charge is 0.217 e. The SMILES string of the molecule is C=CC(=C)CNC(C)=O. The summed E-state index contributed by atoms with van der Waals surface area (Å²) in [6.45, 7) is 9.07. The summed E-state index contributed by atoms with van der Waals surface area (Å²) in [5.41, 5.74) is 0.824. The Morgan fingerprint density at radius 1 is 1.78 bits per heavy atom. The summed E-state index contributed by atoms with van der Waals surface area (Å²) >= 11 is 0. The van der Waals surface area contributed by atoms with Crippen LogP contribution in [0, 0.1) is 0 Å². The van der Waals surface area contributed by atoms with Gasteiger partial charge in [0.2, 0.25) is 5.91 Å². The third kappa shape index (κ3) is 4.81. The lowest BCUT2D eigenvalue weighted by Gasteiger charge is -1.98. The quantitative estimate of drug-likeness (QED) is 0.557. The van der Waals surface area contributed by atoms with Crippen molar-refractivity contribution in [2.75, 3.05) is 6.54 Å². The van der Waals surface area contributed by atoms with Crippen LogP contribution in [0.15, 0.2) is 24.8 Å². The molecule has 50 valence electrons. The van der Waals surface area contributed by atoms with Gasteiger partial charge in [-0.25, -0.2) is 0 Å². The lowest BCUT2D eigenvalue weighted by atomic mass is 10.3. The van der Waals surface area contributed by atoms with Gasteiger partial charge < -0.3 is 5.32 Å². The molecule has 0 bridgehead atoms. The van der Waals surface area contributed by atoms with Crippen molar-refractivity contribution >= 4 is 5.91 Å². The van der Waals surface area contributed by atoms with Gasteiger partial charge in [0, 0.05) is 13.5 Å². The van der Waals surface area contributed by atoms with Crippen molar-refractivity contribution in [3.63, 3.8) is 0 Å². The standard InChI is InChI=1S/C7H11NO/c1-4-6(2)5-8-7(3)9/h4H,1-2,5H2,3H3,(H,8,9). The molecular formula is C7H11NO. The Morgan fingerprint density at radius 2 is 2.33 bits per heavy atom. The molecule has 0 saturated carbocycles. The first-order valence-corrected chi connectivity index (χ1v) is 2.71. The van der Waals surface area contributed by atoms with Gasteiger partial charge in [-0.1, -0.05) is 19.2 Å². The molecule has 0 aliphatic rings. The second-order valence-corrected chi connectivity index (χ2v) is 1.77. The van der Waals surface area contributed by atoms with Crippen LogP contribution in [0.25, 0.3) is 0 Å². The highest BCUT2D eigenvalue weighted by molar-refractivity contribution is 5.73. The lowest BCUT2D eigenvalue weighted by Crippen LogP contribution is -2.21. The monoisotopic (exact) mass is 125 g/mol. The maximum atomic E-state index is 10.3. The van der Waals surface area contributed by atoms with E-state index in [-0.39, 0.29) is 5.91 Å². The molecule has 0 aromatic heterocycles. The van der Waals surface area contributed by atoms with E-state index in [0.717, 1.165) is 5.57 Å². The first kappa shape index (κ1) is 7.95. The minimum atomic E-state index is -0.0435. The fourth-order valence-corrected chi connectivity index (χ4v) is 0.310. The first-order valence-electron chi connectivity index (χ1n) is 2.71. The summed E-state index contributed by atoms with van der Waals surface area (Å²) in [5, 5.41) is 2.59. The highest BCUT2D eigenvalue weighted by Crippen LogP contribution is 1.85. The van der Waals surface area contributed by atoms with Crippen LogP contribution in [0.4, 0.5) is 0 Å². The summed E-state index contributed by atoms with van der Waals surface area (Å²) in [6, 6.07) is 0. The van der Waals surface area contributed by atoms with Crippen LogP contribution >= 0.6 is 0 Å². The summed E-state index contributed by atoms with van der Waals surface area (Å²) in [6.07, 6.45) is 1.62. The van der Waals surface area contributed by atoms with Gasteiger partial charge in [0.25, 0.3) is 0 Å². The van der Waals surface area contributed by atoms with Crippen molar-refractivity contribution < 1.29 is 4.79 Å². The number of carbonyl (C=O) groups is 1. The Kier molecular flexibility index (Phi) is 3.44.